The van der Waals surface area contributed by atoms with Crippen molar-refractivity contribution in [3.63, 3.8) is 0 Å². The molecule has 1 N–H and O–H groups in total. The van der Waals surface area contributed by atoms with Crippen LogP contribution in [0.3, 0.4) is 0 Å². The number of nitrogens with zero attached hydrogens (tertiary/aromatic N) is 3. The molecule has 29 heavy (non-hydrogen) atoms. The van der Waals surface area contributed by atoms with Crippen molar-refractivity contribution in [2.24, 2.45) is 0 Å². The SMILES string of the molecule is Cc1nc(-c2ccc(CNC(=O)CN(C)S(=O)(=O)c3ccc(C#N)cc3)o2)cs1. The number of sulfonamides is 1. The van der Waals surface area contributed by atoms with Crippen LogP contribution in [-0.2, 0) is 21.4 Å². The highest BCUT2D eigenvalue weighted by Crippen LogP contribution is 2.23. The first kappa shape index (κ1) is 20.7. The van der Waals surface area contributed by atoms with E-state index in [1.54, 1.807) is 12.1 Å². The molecule has 3 rings (SSSR count). The first-order chi connectivity index (χ1) is 13.8. The monoisotopic (exact) mass is 430 g/mol. The van der Waals surface area contributed by atoms with Gasteiger partial charge in [-0.3, -0.25) is 4.79 Å². The Morgan fingerprint density at radius 3 is 2.62 bits per heavy atom. The van der Waals surface area contributed by atoms with E-state index in [2.05, 4.69) is 10.3 Å². The maximum absolute atomic E-state index is 12.5. The molecule has 3 aromatic rings. The number of carbonyl (C=O) groups excluding carboxylic acids is 1. The fourth-order valence-electron chi connectivity index (χ4n) is 2.50. The molecule has 0 fully saturated rings. The number of amides is 1. The van der Waals surface area contributed by atoms with Gasteiger partial charge in [-0.15, -0.1) is 11.3 Å². The van der Waals surface area contributed by atoms with Crippen LogP contribution in [0, 0.1) is 18.3 Å². The van der Waals surface area contributed by atoms with E-state index in [9.17, 15) is 13.2 Å². The van der Waals surface area contributed by atoms with Crippen LogP contribution in [0.25, 0.3) is 11.5 Å². The number of carbonyl (C=O) groups is 1. The summed E-state index contributed by atoms with van der Waals surface area (Å²) in [6, 6.07) is 11.0. The highest BCUT2D eigenvalue weighted by atomic mass is 32.2. The van der Waals surface area contributed by atoms with Gasteiger partial charge in [0.1, 0.15) is 11.5 Å². The second-order valence-corrected chi connectivity index (χ2v) is 9.30. The molecule has 2 heterocycles. The van der Waals surface area contributed by atoms with E-state index in [0.717, 1.165) is 15.0 Å². The van der Waals surface area contributed by atoms with Crippen molar-refractivity contribution < 1.29 is 17.6 Å². The van der Waals surface area contributed by atoms with Crippen molar-refractivity contribution in [3.8, 4) is 17.5 Å². The summed E-state index contributed by atoms with van der Waals surface area (Å²) in [4.78, 5) is 16.5. The molecule has 0 saturated carbocycles. The lowest BCUT2D eigenvalue weighted by atomic mass is 10.2. The number of thiazole rings is 1. The van der Waals surface area contributed by atoms with Gasteiger partial charge in [0.2, 0.25) is 15.9 Å². The van der Waals surface area contributed by atoms with E-state index in [-0.39, 0.29) is 18.0 Å². The molecule has 0 aliphatic heterocycles. The third-order valence-corrected chi connectivity index (χ3v) is 6.64. The molecular formula is C19H18N4O4S2. The number of likely N-dealkylation sites (N-methyl/N-ethyl adjacent to an activating group) is 1. The van der Waals surface area contributed by atoms with Gasteiger partial charge in [0.05, 0.1) is 34.6 Å². The number of aromatic nitrogens is 1. The number of nitrogens with one attached hydrogen (secondary N) is 1. The normalized spacial score (nSPS) is 11.4. The lowest BCUT2D eigenvalue weighted by Crippen LogP contribution is -2.38. The Hall–Kier alpha value is -3.00. The summed E-state index contributed by atoms with van der Waals surface area (Å²) in [6.07, 6.45) is 0. The predicted octanol–water partition coefficient (Wildman–Crippen LogP) is 2.52. The minimum atomic E-state index is -3.84. The number of nitriles is 1. The third-order valence-electron chi connectivity index (χ3n) is 4.05. The molecule has 0 atom stereocenters. The Morgan fingerprint density at radius 2 is 2.00 bits per heavy atom. The largest absolute Gasteiger partial charge is 0.458 e. The average Bonchev–Trinajstić information content (AvgIpc) is 3.35. The summed E-state index contributed by atoms with van der Waals surface area (Å²) >= 11 is 1.52. The molecular weight excluding hydrogens is 412 g/mol. The summed E-state index contributed by atoms with van der Waals surface area (Å²) in [5, 5.41) is 14.3. The van der Waals surface area contributed by atoms with Crippen molar-refractivity contribution >= 4 is 27.3 Å². The van der Waals surface area contributed by atoms with E-state index in [1.807, 2.05) is 18.4 Å². The van der Waals surface area contributed by atoms with Crippen LogP contribution in [0.2, 0.25) is 0 Å². The lowest BCUT2D eigenvalue weighted by molar-refractivity contribution is -0.121. The van der Waals surface area contributed by atoms with Crippen LogP contribution in [0.4, 0.5) is 0 Å². The van der Waals surface area contributed by atoms with Gasteiger partial charge in [-0.05, 0) is 43.3 Å². The van der Waals surface area contributed by atoms with Crippen LogP contribution in [0.1, 0.15) is 16.3 Å². The molecule has 10 heteroatoms. The van der Waals surface area contributed by atoms with Gasteiger partial charge in [0.25, 0.3) is 0 Å². The molecule has 150 valence electrons. The molecule has 1 aromatic carbocycles. The van der Waals surface area contributed by atoms with Crippen molar-refractivity contribution in [3.05, 3.63) is 58.1 Å². The molecule has 1 amide bonds. The molecule has 0 saturated heterocycles. The second kappa shape index (κ2) is 8.57. The number of hydrogen-bond donors (Lipinski definition) is 1. The quantitative estimate of drug-likeness (QED) is 0.616. The summed E-state index contributed by atoms with van der Waals surface area (Å²) in [5.41, 5.74) is 1.09. The van der Waals surface area contributed by atoms with Gasteiger partial charge in [-0.25, -0.2) is 13.4 Å². The van der Waals surface area contributed by atoms with E-state index in [4.69, 9.17) is 9.68 Å². The number of rotatable bonds is 7. The highest BCUT2D eigenvalue weighted by Gasteiger charge is 2.23. The molecule has 0 bridgehead atoms. The lowest BCUT2D eigenvalue weighted by Gasteiger charge is -2.16. The minimum Gasteiger partial charge on any atom is -0.458 e. The summed E-state index contributed by atoms with van der Waals surface area (Å²) < 4.78 is 31.7. The Balaban J connectivity index is 1.57. The molecule has 8 nitrogen and oxygen atoms in total. The van der Waals surface area contributed by atoms with E-state index in [1.165, 1.54) is 42.6 Å². The fourth-order valence-corrected chi connectivity index (χ4v) is 4.23. The van der Waals surface area contributed by atoms with Crippen LogP contribution in [0.15, 0.2) is 51.1 Å². The fraction of sp³-hybridized carbons (Fsp3) is 0.211. The molecule has 0 aliphatic rings. The number of hydrogen-bond acceptors (Lipinski definition) is 7. The topological polar surface area (TPSA) is 116 Å². The third kappa shape index (κ3) is 4.89. The van der Waals surface area contributed by atoms with Gasteiger partial charge in [-0.2, -0.15) is 9.57 Å². The average molecular weight is 431 g/mol. The van der Waals surface area contributed by atoms with Gasteiger partial charge in [0, 0.05) is 12.4 Å². The zero-order chi connectivity index (χ0) is 21.0. The summed E-state index contributed by atoms with van der Waals surface area (Å²) in [5.74, 6) is 0.683. The zero-order valence-corrected chi connectivity index (χ0v) is 17.4. The van der Waals surface area contributed by atoms with Crippen molar-refractivity contribution in [1.29, 1.82) is 5.26 Å². The van der Waals surface area contributed by atoms with E-state index in [0.29, 0.717) is 17.1 Å². The smallest absolute Gasteiger partial charge is 0.243 e. The highest BCUT2D eigenvalue weighted by molar-refractivity contribution is 7.89. The van der Waals surface area contributed by atoms with E-state index >= 15 is 0 Å². The van der Waals surface area contributed by atoms with Crippen LogP contribution in [-0.4, -0.2) is 37.2 Å². The molecule has 0 radical (unpaired) electrons. The van der Waals surface area contributed by atoms with Gasteiger partial charge in [-0.1, -0.05) is 0 Å². The Kier molecular flexibility index (Phi) is 6.12. The Morgan fingerprint density at radius 1 is 1.28 bits per heavy atom. The van der Waals surface area contributed by atoms with Crippen LogP contribution < -0.4 is 5.32 Å². The molecule has 0 unspecified atom stereocenters. The molecule has 0 aliphatic carbocycles. The number of aryl methyl sites for hydroxylation is 1. The first-order valence-electron chi connectivity index (χ1n) is 8.54. The van der Waals surface area contributed by atoms with Crippen molar-refractivity contribution in [2.45, 2.75) is 18.4 Å². The van der Waals surface area contributed by atoms with E-state index < -0.39 is 15.9 Å². The van der Waals surface area contributed by atoms with Crippen LogP contribution >= 0.6 is 11.3 Å². The maximum Gasteiger partial charge on any atom is 0.243 e. The molecule has 0 spiro atoms. The molecule has 2 aromatic heterocycles. The summed E-state index contributed by atoms with van der Waals surface area (Å²) in [7, 11) is -2.52. The minimum absolute atomic E-state index is 0.0148. The maximum atomic E-state index is 12.5. The standard InChI is InChI=1S/C19H18N4O4S2/c1-13-22-17(12-28-13)18-8-5-15(27-18)10-21-19(24)11-23(2)29(25,26)16-6-3-14(9-20)4-7-16/h3-8,12H,10-11H2,1-2H3,(H,21,24). The number of benzene rings is 1. The predicted molar refractivity (Wildman–Crippen MR) is 107 cm³/mol. The van der Waals surface area contributed by atoms with Gasteiger partial charge in [0.15, 0.2) is 5.76 Å². The van der Waals surface area contributed by atoms with Gasteiger partial charge < -0.3 is 9.73 Å². The first-order valence-corrected chi connectivity index (χ1v) is 10.9. The second-order valence-electron chi connectivity index (χ2n) is 6.19. The van der Waals surface area contributed by atoms with Gasteiger partial charge >= 0.3 is 0 Å². The van der Waals surface area contributed by atoms with Crippen LogP contribution in [0.5, 0.6) is 0 Å². The number of furan rings is 1. The van der Waals surface area contributed by atoms with Crippen molar-refractivity contribution in [2.75, 3.05) is 13.6 Å². The Bertz CT molecular complexity index is 1160. The zero-order valence-electron chi connectivity index (χ0n) is 15.7. The summed E-state index contributed by atoms with van der Waals surface area (Å²) in [6.45, 7) is 1.69. The van der Waals surface area contributed by atoms with Crippen molar-refractivity contribution in [1.82, 2.24) is 14.6 Å². The Labute approximate surface area is 172 Å².